The quantitative estimate of drug-likeness (QED) is 0.610. The largest absolute Gasteiger partial charge is 0.368 e. The van der Waals surface area contributed by atoms with Crippen LogP contribution in [0, 0.1) is 10.1 Å². The highest BCUT2D eigenvalue weighted by molar-refractivity contribution is 5.59. The molecule has 1 saturated carbocycles. The van der Waals surface area contributed by atoms with Crippen molar-refractivity contribution >= 4 is 17.5 Å². The summed E-state index contributed by atoms with van der Waals surface area (Å²) in [6.45, 7) is 2.87. The van der Waals surface area contributed by atoms with Crippen molar-refractivity contribution in [1.29, 1.82) is 0 Å². The fourth-order valence-electron chi connectivity index (χ4n) is 1.90. The summed E-state index contributed by atoms with van der Waals surface area (Å²) in [6, 6.07) is 0.365. The van der Waals surface area contributed by atoms with E-state index < -0.39 is 4.92 Å². The van der Waals surface area contributed by atoms with Crippen LogP contribution in [0.1, 0.15) is 32.6 Å². The van der Waals surface area contributed by atoms with E-state index in [1.54, 1.807) is 0 Å². The van der Waals surface area contributed by atoms with E-state index in [9.17, 15) is 10.1 Å². The Morgan fingerprint density at radius 1 is 1.61 bits per heavy atom. The molecule has 0 amide bonds. The van der Waals surface area contributed by atoms with Gasteiger partial charge in [0.25, 0.3) is 0 Å². The van der Waals surface area contributed by atoms with Crippen LogP contribution in [0.2, 0.25) is 0 Å². The molecule has 7 nitrogen and oxygen atoms in total. The highest BCUT2D eigenvalue weighted by Crippen LogP contribution is 2.35. The van der Waals surface area contributed by atoms with Gasteiger partial charge in [0.15, 0.2) is 0 Å². The molecule has 98 valence electrons. The van der Waals surface area contributed by atoms with Gasteiger partial charge in [0.2, 0.25) is 11.8 Å². The van der Waals surface area contributed by atoms with Gasteiger partial charge < -0.3 is 10.6 Å². The molecule has 1 aromatic rings. The van der Waals surface area contributed by atoms with Gasteiger partial charge >= 0.3 is 5.69 Å². The number of hydrogen-bond donors (Lipinski definition) is 1. The second kappa shape index (κ2) is 5.16. The van der Waals surface area contributed by atoms with Crippen LogP contribution >= 0.6 is 0 Å². The van der Waals surface area contributed by atoms with Crippen molar-refractivity contribution in [3.05, 3.63) is 16.3 Å². The minimum atomic E-state index is -0.448. The van der Waals surface area contributed by atoms with E-state index in [0.717, 1.165) is 32.2 Å². The number of rotatable bonds is 6. The molecule has 0 atom stereocenters. The Morgan fingerprint density at radius 2 is 2.33 bits per heavy atom. The molecule has 2 N–H and O–H groups in total. The van der Waals surface area contributed by atoms with Gasteiger partial charge in [-0.2, -0.15) is 4.98 Å². The van der Waals surface area contributed by atoms with Crippen LogP contribution in [-0.4, -0.2) is 27.5 Å². The molecule has 0 radical (unpaired) electrons. The molecule has 7 heteroatoms. The second-order valence-electron chi connectivity index (χ2n) is 4.47. The topological polar surface area (TPSA) is 98.2 Å². The lowest BCUT2D eigenvalue weighted by atomic mass is 10.3. The van der Waals surface area contributed by atoms with Crippen molar-refractivity contribution in [3.8, 4) is 0 Å². The number of hydrogen-bond acceptors (Lipinski definition) is 6. The normalized spacial score (nSPS) is 14.5. The molecule has 0 saturated heterocycles. The average Bonchev–Trinajstić information content (AvgIpc) is 3.13. The highest BCUT2D eigenvalue weighted by atomic mass is 16.6. The SMILES string of the molecule is CCCCN(c1nc(N)ncc1[N+](=O)[O-])C1CC1. The molecule has 1 aliphatic rings. The Balaban J connectivity index is 2.32. The lowest BCUT2D eigenvalue weighted by Crippen LogP contribution is -2.28. The number of nitro groups is 1. The zero-order chi connectivity index (χ0) is 13.1. The summed E-state index contributed by atoms with van der Waals surface area (Å²) in [4.78, 5) is 20.3. The van der Waals surface area contributed by atoms with Crippen molar-refractivity contribution in [2.45, 2.75) is 38.6 Å². The minimum absolute atomic E-state index is 0.0628. The third kappa shape index (κ3) is 2.66. The van der Waals surface area contributed by atoms with Crippen LogP contribution in [0.4, 0.5) is 17.5 Å². The van der Waals surface area contributed by atoms with E-state index in [0.29, 0.717) is 11.9 Å². The fraction of sp³-hybridized carbons (Fsp3) is 0.636. The third-order valence-electron chi connectivity index (χ3n) is 2.98. The summed E-state index contributed by atoms with van der Waals surface area (Å²) >= 11 is 0. The summed E-state index contributed by atoms with van der Waals surface area (Å²) in [5.74, 6) is 0.446. The van der Waals surface area contributed by atoms with Crippen molar-refractivity contribution in [3.63, 3.8) is 0 Å². The predicted molar refractivity (Wildman–Crippen MR) is 68.4 cm³/mol. The van der Waals surface area contributed by atoms with Crippen LogP contribution < -0.4 is 10.6 Å². The first kappa shape index (κ1) is 12.5. The van der Waals surface area contributed by atoms with Crippen LogP contribution in [0.15, 0.2) is 6.20 Å². The van der Waals surface area contributed by atoms with E-state index in [1.807, 2.05) is 4.90 Å². The number of anilines is 2. The molecular formula is C11H17N5O2. The van der Waals surface area contributed by atoms with Crippen molar-refractivity contribution in [2.24, 2.45) is 0 Å². The Hall–Kier alpha value is -1.92. The van der Waals surface area contributed by atoms with Crippen LogP contribution in [-0.2, 0) is 0 Å². The Kier molecular flexibility index (Phi) is 3.59. The summed E-state index contributed by atoms with van der Waals surface area (Å²) in [5, 5.41) is 11.0. The van der Waals surface area contributed by atoms with Gasteiger partial charge in [0.05, 0.1) is 4.92 Å². The Morgan fingerprint density at radius 3 is 2.89 bits per heavy atom. The lowest BCUT2D eigenvalue weighted by molar-refractivity contribution is -0.384. The molecular weight excluding hydrogens is 234 g/mol. The number of nitrogen functional groups attached to an aromatic ring is 1. The predicted octanol–water partition coefficient (Wildman–Crippen LogP) is 1.74. The third-order valence-corrected chi connectivity index (χ3v) is 2.98. The van der Waals surface area contributed by atoms with Crippen molar-refractivity contribution in [1.82, 2.24) is 9.97 Å². The first-order valence-electron chi connectivity index (χ1n) is 6.17. The molecule has 18 heavy (non-hydrogen) atoms. The molecule has 1 aromatic heterocycles. The standard InChI is InChI=1S/C11H17N5O2/c1-2-3-6-15(8-4-5-8)10-9(16(17)18)7-13-11(12)14-10/h7-8H,2-6H2,1H3,(H2,12,13,14). The average molecular weight is 251 g/mol. The summed E-state index contributed by atoms with van der Waals surface area (Å²) in [7, 11) is 0. The van der Waals surface area contributed by atoms with Crippen LogP contribution in [0.3, 0.4) is 0 Å². The van der Waals surface area contributed by atoms with Gasteiger partial charge in [-0.05, 0) is 19.3 Å². The smallest absolute Gasteiger partial charge is 0.329 e. The van der Waals surface area contributed by atoms with E-state index in [-0.39, 0.29) is 11.6 Å². The summed E-state index contributed by atoms with van der Waals surface area (Å²) in [6.07, 6.45) is 5.34. The molecule has 1 aliphatic carbocycles. The highest BCUT2D eigenvalue weighted by Gasteiger charge is 2.34. The van der Waals surface area contributed by atoms with Gasteiger partial charge in [-0.1, -0.05) is 13.3 Å². The number of unbranched alkanes of at least 4 members (excludes halogenated alkanes) is 1. The number of nitrogens with two attached hydrogens (primary N) is 1. The zero-order valence-corrected chi connectivity index (χ0v) is 10.4. The zero-order valence-electron chi connectivity index (χ0n) is 10.4. The first-order valence-corrected chi connectivity index (χ1v) is 6.17. The second-order valence-corrected chi connectivity index (χ2v) is 4.47. The van der Waals surface area contributed by atoms with Crippen LogP contribution in [0.25, 0.3) is 0 Å². The van der Waals surface area contributed by atoms with E-state index in [1.165, 1.54) is 6.20 Å². The van der Waals surface area contributed by atoms with Crippen molar-refractivity contribution in [2.75, 3.05) is 17.2 Å². The van der Waals surface area contributed by atoms with Gasteiger partial charge in [-0.3, -0.25) is 10.1 Å². The van der Waals surface area contributed by atoms with Crippen LogP contribution in [0.5, 0.6) is 0 Å². The molecule has 0 unspecified atom stereocenters. The Bertz CT molecular complexity index is 447. The van der Waals surface area contributed by atoms with Gasteiger partial charge in [-0.25, -0.2) is 4.98 Å². The summed E-state index contributed by atoms with van der Waals surface area (Å²) < 4.78 is 0. The van der Waals surface area contributed by atoms with E-state index in [2.05, 4.69) is 16.9 Å². The molecule has 1 heterocycles. The fourth-order valence-corrected chi connectivity index (χ4v) is 1.90. The molecule has 0 aliphatic heterocycles. The van der Waals surface area contributed by atoms with Crippen molar-refractivity contribution < 1.29 is 4.92 Å². The monoisotopic (exact) mass is 251 g/mol. The number of aromatic nitrogens is 2. The maximum atomic E-state index is 11.0. The van der Waals surface area contributed by atoms with E-state index >= 15 is 0 Å². The van der Waals surface area contributed by atoms with E-state index in [4.69, 9.17) is 5.73 Å². The molecule has 0 aromatic carbocycles. The lowest BCUT2D eigenvalue weighted by Gasteiger charge is -2.22. The molecule has 2 rings (SSSR count). The minimum Gasteiger partial charge on any atom is -0.368 e. The molecule has 0 spiro atoms. The molecule has 1 fully saturated rings. The summed E-state index contributed by atoms with van der Waals surface area (Å²) in [5.41, 5.74) is 5.48. The van der Waals surface area contributed by atoms with Gasteiger partial charge in [-0.15, -0.1) is 0 Å². The van der Waals surface area contributed by atoms with Gasteiger partial charge in [0.1, 0.15) is 6.20 Å². The maximum absolute atomic E-state index is 11.0. The molecule has 0 bridgehead atoms. The maximum Gasteiger partial charge on any atom is 0.329 e. The Labute approximate surface area is 105 Å². The van der Waals surface area contributed by atoms with Gasteiger partial charge in [0, 0.05) is 12.6 Å². The first-order chi connectivity index (χ1) is 8.63. The number of nitrogens with zero attached hydrogens (tertiary/aromatic N) is 4.